The van der Waals surface area contributed by atoms with Gasteiger partial charge in [0.1, 0.15) is 11.4 Å². The molecule has 1 aromatic rings. The topological polar surface area (TPSA) is 67.7 Å². The van der Waals surface area contributed by atoms with Crippen molar-refractivity contribution in [1.82, 2.24) is 19.4 Å². The van der Waals surface area contributed by atoms with Gasteiger partial charge in [0.2, 0.25) is 11.8 Å². The van der Waals surface area contributed by atoms with Gasteiger partial charge < -0.3 is 19.1 Å². The highest BCUT2D eigenvalue weighted by Crippen LogP contribution is 2.53. The lowest BCUT2D eigenvalue weighted by Crippen LogP contribution is -2.47. The van der Waals surface area contributed by atoms with Gasteiger partial charge in [-0.05, 0) is 27.7 Å². The second kappa shape index (κ2) is 5.92. The highest BCUT2D eigenvalue weighted by Gasteiger charge is 2.68. The molecule has 0 saturated carbocycles. The van der Waals surface area contributed by atoms with Gasteiger partial charge in [-0.3, -0.25) is 9.59 Å². The summed E-state index contributed by atoms with van der Waals surface area (Å²) < 4.78 is 8.22. The lowest BCUT2D eigenvalue weighted by Gasteiger charge is -2.34. The number of nitrogens with zero attached hydrogens (tertiary/aromatic N) is 4. The SMILES string of the molecule is CCn1ccnc1CN(C)C(=O)C1C2C(=O)N(C(C)(C)C)C[C@@]23C=C[C@@H]1O3. The van der Waals surface area contributed by atoms with Gasteiger partial charge in [0.15, 0.2) is 0 Å². The normalized spacial score (nSPS) is 31.7. The van der Waals surface area contributed by atoms with Gasteiger partial charge in [0.25, 0.3) is 0 Å². The van der Waals surface area contributed by atoms with Crippen molar-refractivity contribution in [3.05, 3.63) is 30.4 Å². The Kier molecular flexibility index (Phi) is 4.00. The van der Waals surface area contributed by atoms with Crippen LogP contribution < -0.4 is 0 Å². The second-order valence-corrected chi connectivity index (χ2v) is 8.82. The molecule has 7 nitrogen and oxygen atoms in total. The maximum atomic E-state index is 13.3. The highest BCUT2D eigenvalue weighted by molar-refractivity contribution is 5.93. The third-order valence-corrected chi connectivity index (χ3v) is 6.09. The molecule has 146 valence electrons. The minimum atomic E-state index is -0.655. The molecule has 2 bridgehead atoms. The molecule has 1 spiro atoms. The van der Waals surface area contributed by atoms with Crippen molar-refractivity contribution in [2.24, 2.45) is 11.8 Å². The smallest absolute Gasteiger partial charge is 0.230 e. The number of aryl methyl sites for hydroxylation is 1. The number of amides is 2. The molecule has 27 heavy (non-hydrogen) atoms. The minimum Gasteiger partial charge on any atom is -0.360 e. The van der Waals surface area contributed by atoms with E-state index in [0.717, 1.165) is 12.4 Å². The average Bonchev–Trinajstić information content (AvgIpc) is 3.34. The molecule has 1 aromatic heterocycles. The van der Waals surface area contributed by atoms with Crippen LogP contribution in [0.25, 0.3) is 0 Å². The molecule has 7 heteroatoms. The molecular formula is C20H28N4O3. The molecule has 2 fully saturated rings. The van der Waals surface area contributed by atoms with Crippen LogP contribution in [0, 0.1) is 11.8 Å². The fraction of sp³-hybridized carbons (Fsp3) is 0.650. The van der Waals surface area contributed by atoms with Crippen LogP contribution in [0.3, 0.4) is 0 Å². The number of hydrogen-bond donors (Lipinski definition) is 0. The predicted molar refractivity (Wildman–Crippen MR) is 99.6 cm³/mol. The first-order valence-corrected chi connectivity index (χ1v) is 9.61. The largest absolute Gasteiger partial charge is 0.360 e. The van der Waals surface area contributed by atoms with Gasteiger partial charge in [-0.15, -0.1) is 0 Å². The van der Waals surface area contributed by atoms with Crippen LogP contribution in [0.5, 0.6) is 0 Å². The van der Waals surface area contributed by atoms with Gasteiger partial charge in [-0.1, -0.05) is 12.2 Å². The lowest BCUT2D eigenvalue weighted by atomic mass is 9.76. The van der Waals surface area contributed by atoms with Crippen molar-refractivity contribution in [2.75, 3.05) is 13.6 Å². The Bertz CT molecular complexity index is 808. The summed E-state index contributed by atoms with van der Waals surface area (Å²) in [6.07, 6.45) is 7.30. The number of carbonyl (C=O) groups is 2. The molecule has 3 aliphatic heterocycles. The summed E-state index contributed by atoms with van der Waals surface area (Å²) in [5, 5.41) is 0. The Labute approximate surface area is 160 Å². The molecule has 3 aliphatic rings. The molecule has 0 aliphatic carbocycles. The standard InChI is InChI=1S/C20H28N4O3/c1-6-23-10-9-21-14(23)11-22(5)17(25)15-13-7-8-20(27-13)12-24(19(2,3)4)18(26)16(15)20/h7-10,13,15-16H,6,11-12H2,1-5H3/t13-,15?,16?,20-/m0/s1. The van der Waals surface area contributed by atoms with Crippen LogP contribution in [-0.2, 0) is 27.4 Å². The first kappa shape index (κ1) is 18.2. The van der Waals surface area contributed by atoms with Crippen LogP contribution in [0.4, 0.5) is 0 Å². The maximum Gasteiger partial charge on any atom is 0.230 e. The third-order valence-electron chi connectivity index (χ3n) is 6.09. The van der Waals surface area contributed by atoms with Crippen molar-refractivity contribution < 1.29 is 14.3 Å². The fourth-order valence-corrected chi connectivity index (χ4v) is 4.67. The summed E-state index contributed by atoms with van der Waals surface area (Å²) in [6.45, 7) is 9.85. The van der Waals surface area contributed by atoms with E-state index in [2.05, 4.69) is 4.98 Å². The molecule has 0 radical (unpaired) electrons. The van der Waals surface area contributed by atoms with E-state index in [9.17, 15) is 9.59 Å². The molecule has 2 amide bonds. The molecule has 2 saturated heterocycles. The number of likely N-dealkylation sites (tertiary alicyclic amines) is 1. The number of aromatic nitrogens is 2. The quantitative estimate of drug-likeness (QED) is 0.750. The summed E-state index contributed by atoms with van der Waals surface area (Å²) in [6, 6.07) is 0. The van der Waals surface area contributed by atoms with Gasteiger partial charge in [-0.25, -0.2) is 4.98 Å². The number of carbonyl (C=O) groups excluding carboxylic acids is 2. The van der Waals surface area contributed by atoms with Crippen molar-refractivity contribution in [3.8, 4) is 0 Å². The number of hydrogen-bond acceptors (Lipinski definition) is 4. The van der Waals surface area contributed by atoms with E-state index in [1.807, 2.05) is 55.5 Å². The zero-order chi connectivity index (χ0) is 19.6. The first-order valence-electron chi connectivity index (χ1n) is 9.61. The van der Waals surface area contributed by atoms with Crippen LogP contribution >= 0.6 is 0 Å². The Morgan fingerprint density at radius 1 is 1.44 bits per heavy atom. The van der Waals surface area contributed by atoms with Crippen LogP contribution in [-0.4, -0.2) is 62.0 Å². The van der Waals surface area contributed by atoms with Crippen molar-refractivity contribution in [2.45, 2.75) is 58.0 Å². The first-order chi connectivity index (χ1) is 12.7. The Morgan fingerprint density at radius 2 is 2.19 bits per heavy atom. The minimum absolute atomic E-state index is 0.0242. The van der Waals surface area contributed by atoms with Crippen LogP contribution in [0.1, 0.15) is 33.5 Å². The van der Waals surface area contributed by atoms with Gasteiger partial charge in [0, 0.05) is 31.5 Å². The van der Waals surface area contributed by atoms with Gasteiger partial charge >= 0.3 is 0 Å². The van der Waals surface area contributed by atoms with Gasteiger partial charge in [-0.2, -0.15) is 0 Å². The summed E-state index contributed by atoms with van der Waals surface area (Å²) in [4.78, 5) is 34.4. The number of imidazole rings is 1. The zero-order valence-electron chi connectivity index (χ0n) is 16.7. The second-order valence-electron chi connectivity index (χ2n) is 8.82. The van der Waals surface area contributed by atoms with Crippen LogP contribution in [0.2, 0.25) is 0 Å². The third kappa shape index (κ3) is 2.63. The van der Waals surface area contributed by atoms with E-state index in [1.165, 1.54) is 0 Å². The molecule has 4 atom stereocenters. The summed E-state index contributed by atoms with van der Waals surface area (Å²) >= 11 is 0. The summed E-state index contributed by atoms with van der Waals surface area (Å²) in [5.41, 5.74) is -0.949. The molecular weight excluding hydrogens is 344 g/mol. The van der Waals surface area contributed by atoms with Crippen molar-refractivity contribution in [1.29, 1.82) is 0 Å². The molecule has 2 unspecified atom stereocenters. The average molecular weight is 372 g/mol. The number of rotatable bonds is 4. The molecule has 4 rings (SSSR count). The van der Waals surface area contributed by atoms with E-state index >= 15 is 0 Å². The van der Waals surface area contributed by atoms with Crippen molar-refractivity contribution in [3.63, 3.8) is 0 Å². The molecule has 4 heterocycles. The van der Waals surface area contributed by atoms with Gasteiger partial charge in [0.05, 0.1) is 31.0 Å². The van der Waals surface area contributed by atoms with Crippen LogP contribution in [0.15, 0.2) is 24.5 Å². The monoisotopic (exact) mass is 372 g/mol. The van der Waals surface area contributed by atoms with Crippen molar-refractivity contribution >= 4 is 11.8 Å². The lowest BCUT2D eigenvalue weighted by molar-refractivity contribution is -0.144. The predicted octanol–water partition coefficient (Wildman–Crippen LogP) is 1.44. The Morgan fingerprint density at radius 3 is 2.85 bits per heavy atom. The van der Waals surface area contributed by atoms with E-state index < -0.39 is 17.4 Å². The number of ether oxygens (including phenoxy) is 1. The summed E-state index contributed by atoms with van der Waals surface area (Å²) in [7, 11) is 1.78. The van der Waals surface area contributed by atoms with E-state index in [4.69, 9.17) is 4.74 Å². The van der Waals surface area contributed by atoms with E-state index in [-0.39, 0.29) is 23.5 Å². The maximum absolute atomic E-state index is 13.3. The zero-order valence-corrected chi connectivity index (χ0v) is 16.7. The number of fused-ring (bicyclic) bond motifs is 1. The molecule has 0 aromatic carbocycles. The summed E-state index contributed by atoms with van der Waals surface area (Å²) in [5.74, 6) is -0.0867. The highest BCUT2D eigenvalue weighted by atomic mass is 16.5. The van der Waals surface area contributed by atoms with E-state index in [1.54, 1.807) is 18.1 Å². The Balaban J connectivity index is 1.58. The fourth-order valence-electron chi connectivity index (χ4n) is 4.67. The Hall–Kier alpha value is -2.15. The molecule has 0 N–H and O–H groups in total. The van der Waals surface area contributed by atoms with E-state index in [0.29, 0.717) is 13.1 Å².